The van der Waals surface area contributed by atoms with Crippen LogP contribution in [0.4, 0.5) is 5.69 Å². The number of anilines is 1. The summed E-state index contributed by atoms with van der Waals surface area (Å²) < 4.78 is 32.0. The Morgan fingerprint density at radius 1 is 1.00 bits per heavy atom. The molecule has 1 N–H and O–H groups in total. The molecular formula is C22H29N3O4S. The Hall–Kier alpha value is -2.58. The lowest BCUT2D eigenvalue weighted by Crippen LogP contribution is -2.50. The van der Waals surface area contributed by atoms with Crippen molar-refractivity contribution in [3.05, 3.63) is 59.2 Å². The minimum absolute atomic E-state index is 0.0901. The lowest BCUT2D eigenvalue weighted by atomic mass is 10.1. The van der Waals surface area contributed by atoms with E-state index in [4.69, 9.17) is 4.74 Å². The zero-order valence-electron chi connectivity index (χ0n) is 17.7. The maximum absolute atomic E-state index is 12.7. The molecule has 1 heterocycles. The summed E-state index contributed by atoms with van der Waals surface area (Å²) in [5.74, 6) is 0.440. The molecule has 1 aliphatic rings. The zero-order chi connectivity index (χ0) is 21.7. The molecule has 0 saturated carbocycles. The van der Waals surface area contributed by atoms with Crippen molar-refractivity contribution in [3.8, 4) is 5.75 Å². The van der Waals surface area contributed by atoms with Crippen LogP contribution in [0.1, 0.15) is 21.5 Å². The minimum atomic E-state index is -3.42. The highest BCUT2D eigenvalue weighted by Gasteiger charge is 2.27. The smallest absolute Gasteiger partial charge is 0.251 e. The lowest BCUT2D eigenvalue weighted by molar-refractivity contribution is 0.0956. The first kappa shape index (κ1) is 22.1. The molecule has 162 valence electrons. The molecule has 0 aromatic heterocycles. The van der Waals surface area contributed by atoms with Gasteiger partial charge in [0.1, 0.15) is 5.75 Å². The van der Waals surface area contributed by atoms with Crippen molar-refractivity contribution in [3.63, 3.8) is 0 Å². The van der Waals surface area contributed by atoms with E-state index in [2.05, 4.69) is 10.2 Å². The SMILES string of the molecule is COc1ccc(N2CCN(S(=O)(=O)CCNC(=O)c3cc(C)cc(C)c3)CC2)cc1. The average Bonchev–Trinajstić information content (AvgIpc) is 2.73. The number of carbonyl (C=O) groups excluding carboxylic acids is 1. The summed E-state index contributed by atoms with van der Waals surface area (Å²) in [5.41, 5.74) is 3.61. The van der Waals surface area contributed by atoms with Gasteiger partial charge in [0.2, 0.25) is 10.0 Å². The lowest BCUT2D eigenvalue weighted by Gasteiger charge is -2.35. The third-order valence-electron chi connectivity index (χ3n) is 5.20. The van der Waals surface area contributed by atoms with E-state index in [-0.39, 0.29) is 18.2 Å². The Morgan fingerprint density at radius 2 is 1.60 bits per heavy atom. The molecule has 8 heteroatoms. The van der Waals surface area contributed by atoms with Gasteiger partial charge in [0.15, 0.2) is 0 Å². The highest BCUT2D eigenvalue weighted by atomic mass is 32.2. The molecule has 0 atom stereocenters. The van der Waals surface area contributed by atoms with Crippen LogP contribution in [0.3, 0.4) is 0 Å². The first-order valence-corrected chi connectivity index (χ1v) is 11.6. The normalized spacial score (nSPS) is 15.1. The number of benzene rings is 2. The van der Waals surface area contributed by atoms with Gasteiger partial charge in [-0.3, -0.25) is 4.79 Å². The molecule has 1 saturated heterocycles. The fourth-order valence-corrected chi connectivity index (χ4v) is 4.99. The van der Waals surface area contributed by atoms with Crippen molar-refractivity contribution < 1.29 is 17.9 Å². The Balaban J connectivity index is 1.49. The predicted octanol–water partition coefficient (Wildman–Crippen LogP) is 2.19. The van der Waals surface area contributed by atoms with Crippen LogP contribution in [0.5, 0.6) is 5.75 Å². The molecule has 0 radical (unpaired) electrons. The first-order valence-electron chi connectivity index (χ1n) is 10.0. The van der Waals surface area contributed by atoms with Crippen LogP contribution in [0.15, 0.2) is 42.5 Å². The summed E-state index contributed by atoms with van der Waals surface area (Å²) >= 11 is 0. The average molecular weight is 432 g/mol. The number of carbonyl (C=O) groups is 1. The molecule has 0 spiro atoms. The second kappa shape index (κ2) is 9.49. The number of rotatable bonds is 7. The summed E-state index contributed by atoms with van der Waals surface area (Å²) in [6.07, 6.45) is 0. The second-order valence-electron chi connectivity index (χ2n) is 7.53. The Labute approximate surface area is 178 Å². The van der Waals surface area contributed by atoms with Gasteiger partial charge in [-0.25, -0.2) is 8.42 Å². The summed E-state index contributed by atoms with van der Waals surface area (Å²) in [5, 5.41) is 2.73. The molecule has 30 heavy (non-hydrogen) atoms. The fraction of sp³-hybridized carbons (Fsp3) is 0.409. The maximum atomic E-state index is 12.7. The van der Waals surface area contributed by atoms with Gasteiger partial charge >= 0.3 is 0 Å². The van der Waals surface area contributed by atoms with E-state index in [0.717, 1.165) is 22.6 Å². The quantitative estimate of drug-likeness (QED) is 0.727. The van der Waals surface area contributed by atoms with Gasteiger partial charge in [0.25, 0.3) is 5.91 Å². The molecule has 2 aromatic rings. The van der Waals surface area contributed by atoms with Crippen LogP contribution in [-0.4, -0.2) is 64.2 Å². The molecule has 7 nitrogen and oxygen atoms in total. The molecule has 3 rings (SSSR count). The standard InChI is InChI=1S/C22H29N3O4S/c1-17-14-18(2)16-19(15-17)22(26)23-8-13-30(27,28)25-11-9-24(10-12-25)20-4-6-21(29-3)7-5-20/h4-7,14-16H,8-13H2,1-3H3,(H,23,26). The molecule has 2 aromatic carbocycles. The Morgan fingerprint density at radius 3 is 2.17 bits per heavy atom. The van der Waals surface area contributed by atoms with Gasteiger partial charge in [-0.15, -0.1) is 0 Å². The number of nitrogens with one attached hydrogen (secondary N) is 1. The van der Waals surface area contributed by atoms with Gasteiger partial charge in [-0.2, -0.15) is 4.31 Å². The van der Waals surface area contributed by atoms with Crippen LogP contribution in [0, 0.1) is 13.8 Å². The van der Waals surface area contributed by atoms with Crippen molar-refractivity contribution in [2.45, 2.75) is 13.8 Å². The third kappa shape index (κ3) is 5.52. The number of amides is 1. The number of sulfonamides is 1. The number of hydrogen-bond donors (Lipinski definition) is 1. The van der Waals surface area contributed by atoms with Gasteiger partial charge < -0.3 is 15.0 Å². The second-order valence-corrected chi connectivity index (χ2v) is 9.62. The molecular weight excluding hydrogens is 402 g/mol. The monoisotopic (exact) mass is 431 g/mol. The summed E-state index contributed by atoms with van der Waals surface area (Å²) in [6.45, 7) is 6.06. The summed E-state index contributed by atoms with van der Waals surface area (Å²) in [4.78, 5) is 14.5. The number of aryl methyl sites for hydroxylation is 2. The fourth-order valence-electron chi connectivity index (χ4n) is 3.65. The van der Waals surface area contributed by atoms with E-state index in [9.17, 15) is 13.2 Å². The molecule has 0 aliphatic carbocycles. The van der Waals surface area contributed by atoms with Gasteiger partial charge in [0, 0.05) is 44.0 Å². The van der Waals surface area contributed by atoms with Gasteiger partial charge in [0.05, 0.1) is 12.9 Å². The van der Waals surface area contributed by atoms with Crippen LogP contribution in [0.2, 0.25) is 0 Å². The van der Waals surface area contributed by atoms with E-state index in [1.807, 2.05) is 44.2 Å². The first-order chi connectivity index (χ1) is 14.3. The van der Waals surface area contributed by atoms with E-state index in [1.165, 1.54) is 4.31 Å². The van der Waals surface area contributed by atoms with Gasteiger partial charge in [-0.1, -0.05) is 17.2 Å². The van der Waals surface area contributed by atoms with Crippen LogP contribution >= 0.6 is 0 Å². The van der Waals surface area contributed by atoms with E-state index >= 15 is 0 Å². The van der Waals surface area contributed by atoms with Crippen molar-refractivity contribution in [2.75, 3.05) is 50.5 Å². The molecule has 1 fully saturated rings. The molecule has 0 unspecified atom stereocenters. The highest BCUT2D eigenvalue weighted by Crippen LogP contribution is 2.21. The van der Waals surface area contributed by atoms with Crippen LogP contribution in [-0.2, 0) is 10.0 Å². The van der Waals surface area contributed by atoms with Crippen molar-refractivity contribution in [1.82, 2.24) is 9.62 Å². The molecule has 0 bridgehead atoms. The number of nitrogens with zero attached hydrogens (tertiary/aromatic N) is 2. The number of piperazine rings is 1. The zero-order valence-corrected chi connectivity index (χ0v) is 18.5. The number of methoxy groups -OCH3 is 1. The summed E-state index contributed by atoms with van der Waals surface area (Å²) in [6, 6.07) is 13.3. The van der Waals surface area contributed by atoms with Crippen molar-refractivity contribution >= 4 is 21.6 Å². The van der Waals surface area contributed by atoms with Gasteiger partial charge in [-0.05, 0) is 50.2 Å². The molecule has 1 aliphatic heterocycles. The number of ether oxygens (including phenoxy) is 1. The van der Waals surface area contributed by atoms with E-state index < -0.39 is 10.0 Å². The third-order valence-corrected chi connectivity index (χ3v) is 7.07. The largest absolute Gasteiger partial charge is 0.497 e. The van der Waals surface area contributed by atoms with E-state index in [1.54, 1.807) is 19.2 Å². The Kier molecular flexibility index (Phi) is 6.99. The minimum Gasteiger partial charge on any atom is -0.497 e. The number of hydrogen-bond acceptors (Lipinski definition) is 5. The summed E-state index contributed by atoms with van der Waals surface area (Å²) in [7, 11) is -1.79. The predicted molar refractivity (Wildman–Crippen MR) is 119 cm³/mol. The highest BCUT2D eigenvalue weighted by molar-refractivity contribution is 7.89. The topological polar surface area (TPSA) is 79.0 Å². The van der Waals surface area contributed by atoms with Crippen LogP contribution < -0.4 is 15.0 Å². The molecule has 1 amide bonds. The van der Waals surface area contributed by atoms with E-state index in [0.29, 0.717) is 31.7 Å². The van der Waals surface area contributed by atoms with Crippen molar-refractivity contribution in [2.24, 2.45) is 0 Å². The maximum Gasteiger partial charge on any atom is 0.251 e. The van der Waals surface area contributed by atoms with Crippen molar-refractivity contribution in [1.29, 1.82) is 0 Å². The van der Waals surface area contributed by atoms with Crippen LogP contribution in [0.25, 0.3) is 0 Å². The Bertz CT molecular complexity index is 962.